The Morgan fingerprint density at radius 2 is 0.821 bits per heavy atom. The van der Waals surface area contributed by atoms with Gasteiger partial charge in [0.25, 0.3) is 0 Å². The lowest BCUT2D eigenvalue weighted by Crippen LogP contribution is -1.95. The summed E-state index contributed by atoms with van der Waals surface area (Å²) in [4.78, 5) is 0. The van der Waals surface area contributed by atoms with Crippen molar-refractivity contribution in [3.05, 3.63) is 133 Å². The molecule has 0 fully saturated rings. The predicted octanol–water partition coefficient (Wildman–Crippen LogP) is 9.68. The third kappa shape index (κ3) is 2.82. The largest absolute Gasteiger partial charge is 0.355 e. The summed E-state index contributed by atoms with van der Waals surface area (Å²) in [7, 11) is 0. The van der Waals surface area contributed by atoms with Crippen molar-refractivity contribution in [2.75, 3.05) is 5.32 Å². The molecule has 0 radical (unpaired) electrons. The summed E-state index contributed by atoms with van der Waals surface area (Å²) < 4.78 is 4.77. The van der Waals surface area contributed by atoms with Gasteiger partial charge in [0, 0.05) is 49.4 Å². The minimum Gasteiger partial charge on any atom is -0.355 e. The number of nitrogens with one attached hydrogen (secondary N) is 1. The number of anilines is 2. The predicted molar refractivity (Wildman–Crippen MR) is 165 cm³/mol. The van der Waals surface area contributed by atoms with Gasteiger partial charge in [0.1, 0.15) is 0 Å². The molecule has 0 bridgehead atoms. The molecule has 6 aromatic carbocycles. The van der Waals surface area contributed by atoms with E-state index in [0.29, 0.717) is 0 Å². The maximum absolute atomic E-state index is 3.71. The van der Waals surface area contributed by atoms with Gasteiger partial charge in [0.15, 0.2) is 0 Å². The van der Waals surface area contributed by atoms with E-state index >= 15 is 0 Å². The van der Waals surface area contributed by atoms with Crippen LogP contribution in [-0.2, 0) is 0 Å². The van der Waals surface area contributed by atoms with Crippen LogP contribution in [0, 0.1) is 0 Å². The molecule has 0 atom stereocenters. The second-order valence-electron chi connectivity index (χ2n) is 10.3. The van der Waals surface area contributed by atoms with E-state index in [4.69, 9.17) is 0 Å². The van der Waals surface area contributed by atoms with Crippen LogP contribution in [0.15, 0.2) is 133 Å². The van der Waals surface area contributed by atoms with E-state index in [-0.39, 0.29) is 0 Å². The number of fused-ring (bicyclic) bond motifs is 9. The summed E-state index contributed by atoms with van der Waals surface area (Å²) in [6.45, 7) is 0. The summed E-state index contributed by atoms with van der Waals surface area (Å²) in [5.74, 6) is 0. The maximum atomic E-state index is 3.71. The molecule has 3 nitrogen and oxygen atoms in total. The molecular formula is C36H23N3. The van der Waals surface area contributed by atoms with E-state index in [1.807, 2.05) is 0 Å². The van der Waals surface area contributed by atoms with Crippen LogP contribution in [0.25, 0.3) is 65.6 Å². The van der Waals surface area contributed by atoms with Crippen LogP contribution < -0.4 is 5.32 Å². The molecule has 1 N–H and O–H groups in total. The zero-order valence-corrected chi connectivity index (χ0v) is 21.1. The molecule has 9 rings (SSSR count). The minimum atomic E-state index is 1.07. The van der Waals surface area contributed by atoms with Crippen molar-refractivity contribution in [1.82, 2.24) is 8.97 Å². The summed E-state index contributed by atoms with van der Waals surface area (Å²) in [5, 5.41) is 11.4. The SMILES string of the molecule is c1ccc2c(c1)c1ccccc1n2-c1ccc(Nc2cc3c4ccccc4n4c5ccccc5c(c2)c34)cc1. The molecule has 0 saturated carbocycles. The molecule has 0 unspecified atom stereocenters. The monoisotopic (exact) mass is 497 g/mol. The Bertz CT molecular complexity index is 2220. The minimum absolute atomic E-state index is 1.07. The number of nitrogens with zero attached hydrogens (tertiary/aromatic N) is 2. The van der Waals surface area contributed by atoms with Gasteiger partial charge in [-0.15, -0.1) is 0 Å². The zero-order chi connectivity index (χ0) is 25.5. The number of aromatic nitrogens is 2. The lowest BCUT2D eigenvalue weighted by molar-refractivity contribution is 1.18. The van der Waals surface area contributed by atoms with E-state index in [1.54, 1.807) is 0 Å². The lowest BCUT2D eigenvalue weighted by atomic mass is 10.1. The summed E-state index contributed by atoms with van der Waals surface area (Å²) in [5.41, 5.74) is 9.58. The molecule has 3 aromatic heterocycles. The summed E-state index contributed by atoms with van der Waals surface area (Å²) in [6, 6.07) is 48.1. The quantitative estimate of drug-likeness (QED) is 0.258. The number of rotatable bonds is 3. The summed E-state index contributed by atoms with van der Waals surface area (Å²) in [6.07, 6.45) is 0. The Kier molecular flexibility index (Phi) is 4.05. The number of hydrogen-bond acceptors (Lipinski definition) is 1. The number of para-hydroxylation sites is 4. The van der Waals surface area contributed by atoms with Gasteiger partial charge in [-0.05, 0) is 60.7 Å². The van der Waals surface area contributed by atoms with Crippen molar-refractivity contribution in [2.24, 2.45) is 0 Å². The van der Waals surface area contributed by atoms with Crippen LogP contribution in [-0.4, -0.2) is 8.97 Å². The Morgan fingerprint density at radius 1 is 0.385 bits per heavy atom. The van der Waals surface area contributed by atoms with E-state index in [1.165, 1.54) is 59.9 Å². The zero-order valence-electron chi connectivity index (χ0n) is 21.1. The summed E-state index contributed by atoms with van der Waals surface area (Å²) >= 11 is 0. The molecular weight excluding hydrogens is 474 g/mol. The molecule has 0 aliphatic carbocycles. The number of benzene rings is 6. The Balaban J connectivity index is 1.18. The van der Waals surface area contributed by atoms with E-state index in [0.717, 1.165) is 17.1 Å². The van der Waals surface area contributed by atoms with Crippen molar-refractivity contribution in [2.45, 2.75) is 0 Å². The highest BCUT2D eigenvalue weighted by molar-refractivity contribution is 6.24. The average Bonchev–Trinajstić information content (AvgIpc) is 3.62. The van der Waals surface area contributed by atoms with Crippen molar-refractivity contribution in [1.29, 1.82) is 0 Å². The first-order valence-electron chi connectivity index (χ1n) is 13.4. The van der Waals surface area contributed by atoms with Gasteiger partial charge in [0.2, 0.25) is 0 Å². The highest BCUT2D eigenvalue weighted by Gasteiger charge is 2.18. The first-order chi connectivity index (χ1) is 19.3. The molecule has 182 valence electrons. The fourth-order valence-corrected chi connectivity index (χ4v) is 6.58. The fourth-order valence-electron chi connectivity index (χ4n) is 6.58. The molecule has 39 heavy (non-hydrogen) atoms. The number of hydrogen-bond donors (Lipinski definition) is 1. The van der Waals surface area contributed by atoms with Crippen LogP contribution in [0.5, 0.6) is 0 Å². The van der Waals surface area contributed by atoms with Crippen LogP contribution in [0.2, 0.25) is 0 Å². The highest BCUT2D eigenvalue weighted by atomic mass is 15.0. The van der Waals surface area contributed by atoms with Crippen LogP contribution in [0.1, 0.15) is 0 Å². The highest BCUT2D eigenvalue weighted by Crippen LogP contribution is 2.41. The van der Waals surface area contributed by atoms with Gasteiger partial charge < -0.3 is 14.3 Å². The molecule has 0 aliphatic rings. The molecule has 3 heterocycles. The molecule has 0 spiro atoms. The van der Waals surface area contributed by atoms with Crippen LogP contribution >= 0.6 is 0 Å². The van der Waals surface area contributed by atoms with Crippen molar-refractivity contribution >= 4 is 71.3 Å². The molecule has 0 aliphatic heterocycles. The fraction of sp³-hybridized carbons (Fsp3) is 0. The molecule has 0 amide bonds. The average molecular weight is 498 g/mol. The van der Waals surface area contributed by atoms with Gasteiger partial charge in [-0.25, -0.2) is 0 Å². The van der Waals surface area contributed by atoms with Crippen molar-refractivity contribution in [3.63, 3.8) is 0 Å². The topological polar surface area (TPSA) is 21.4 Å². The third-order valence-corrected chi connectivity index (χ3v) is 8.20. The van der Waals surface area contributed by atoms with Gasteiger partial charge in [-0.2, -0.15) is 0 Å². The first-order valence-corrected chi connectivity index (χ1v) is 13.4. The second kappa shape index (κ2) is 7.62. The lowest BCUT2D eigenvalue weighted by Gasteiger charge is -2.11. The Labute approximate surface area is 224 Å². The van der Waals surface area contributed by atoms with Gasteiger partial charge in [0.05, 0.1) is 27.6 Å². The molecule has 9 aromatic rings. The normalized spacial score (nSPS) is 12.1. The van der Waals surface area contributed by atoms with Crippen molar-refractivity contribution in [3.8, 4) is 5.69 Å². The van der Waals surface area contributed by atoms with E-state index < -0.39 is 0 Å². The maximum Gasteiger partial charge on any atom is 0.0622 e. The third-order valence-electron chi connectivity index (χ3n) is 8.20. The van der Waals surface area contributed by atoms with Gasteiger partial charge >= 0.3 is 0 Å². The van der Waals surface area contributed by atoms with E-state index in [2.05, 4.69) is 148 Å². The standard InChI is InChI=1S/C36H23N3/c1-5-13-32-26(9-1)27-10-2-6-14-33(27)38(32)25-19-17-23(18-20-25)37-24-21-30-28-11-3-7-15-34(28)39-35-16-8-4-12-29(35)31(22-24)36(30)39/h1-22,37H. The van der Waals surface area contributed by atoms with Crippen molar-refractivity contribution < 1.29 is 0 Å². The Morgan fingerprint density at radius 3 is 1.33 bits per heavy atom. The Hall–Kier alpha value is -5.28. The van der Waals surface area contributed by atoms with Gasteiger partial charge in [-0.1, -0.05) is 72.8 Å². The van der Waals surface area contributed by atoms with Gasteiger partial charge in [-0.3, -0.25) is 0 Å². The molecule has 0 saturated heterocycles. The first kappa shape index (κ1) is 20.7. The van der Waals surface area contributed by atoms with E-state index in [9.17, 15) is 0 Å². The second-order valence-corrected chi connectivity index (χ2v) is 10.3. The molecule has 3 heteroatoms. The van der Waals surface area contributed by atoms with Crippen LogP contribution in [0.4, 0.5) is 11.4 Å². The smallest absolute Gasteiger partial charge is 0.0622 e. The van der Waals surface area contributed by atoms with Crippen LogP contribution in [0.3, 0.4) is 0 Å².